The fraction of sp³-hybridized carbons (Fsp3) is 0.120. The van der Waals surface area contributed by atoms with Gasteiger partial charge in [0.05, 0.1) is 11.3 Å². The van der Waals surface area contributed by atoms with Crippen LogP contribution in [0.25, 0.3) is 0 Å². The number of para-hydroxylation sites is 1. The summed E-state index contributed by atoms with van der Waals surface area (Å²) >= 11 is 0. The Morgan fingerprint density at radius 3 is 2.24 bits per heavy atom. The van der Waals surface area contributed by atoms with Gasteiger partial charge in [-0.25, -0.2) is 0 Å². The molecule has 0 saturated carbocycles. The predicted molar refractivity (Wildman–Crippen MR) is 122 cm³/mol. The molecule has 3 N–H and O–H groups in total. The standard InChI is InChI=1S/C25H20N4O4/c26-22(31)15-9-11-16(12-10-15)27-21(30)13-14-28-23-17-5-1-2-6-18(17)25(33)29(23)20-8-4-3-7-19(20)24(28)32/h1-12,23H,13-14H2,(H2,26,31)(H,27,30). The van der Waals surface area contributed by atoms with E-state index in [1.807, 2.05) is 12.1 Å². The van der Waals surface area contributed by atoms with Crippen molar-refractivity contribution in [2.75, 3.05) is 16.8 Å². The zero-order valence-corrected chi connectivity index (χ0v) is 17.5. The Morgan fingerprint density at radius 1 is 0.848 bits per heavy atom. The van der Waals surface area contributed by atoms with Crippen LogP contribution in [-0.2, 0) is 4.79 Å². The summed E-state index contributed by atoms with van der Waals surface area (Å²) in [6.07, 6.45) is -0.564. The van der Waals surface area contributed by atoms with Crippen LogP contribution in [0.3, 0.4) is 0 Å². The van der Waals surface area contributed by atoms with Gasteiger partial charge in [0.2, 0.25) is 11.8 Å². The molecule has 2 heterocycles. The van der Waals surface area contributed by atoms with E-state index in [1.165, 1.54) is 12.1 Å². The van der Waals surface area contributed by atoms with Gasteiger partial charge >= 0.3 is 0 Å². The lowest BCUT2D eigenvalue weighted by atomic mass is 10.0. The first-order chi connectivity index (χ1) is 16.0. The molecule has 4 amide bonds. The van der Waals surface area contributed by atoms with Crippen LogP contribution in [0.4, 0.5) is 11.4 Å². The fourth-order valence-electron chi connectivity index (χ4n) is 4.36. The molecule has 0 fully saturated rings. The lowest BCUT2D eigenvalue weighted by Crippen LogP contribution is -2.48. The van der Waals surface area contributed by atoms with Gasteiger partial charge in [-0.05, 0) is 42.5 Å². The van der Waals surface area contributed by atoms with E-state index in [-0.39, 0.29) is 30.7 Å². The molecule has 8 heteroatoms. The third kappa shape index (κ3) is 3.41. The number of nitrogens with two attached hydrogens (primary N) is 1. The average Bonchev–Trinajstić information content (AvgIpc) is 3.12. The zero-order chi connectivity index (χ0) is 23.1. The van der Waals surface area contributed by atoms with E-state index < -0.39 is 12.1 Å². The second kappa shape index (κ2) is 7.90. The Hall–Kier alpha value is -4.46. The number of amides is 4. The Balaban J connectivity index is 1.39. The molecule has 3 aromatic carbocycles. The maximum absolute atomic E-state index is 13.4. The first-order valence-corrected chi connectivity index (χ1v) is 10.5. The monoisotopic (exact) mass is 440 g/mol. The molecule has 0 spiro atoms. The minimum Gasteiger partial charge on any atom is -0.366 e. The summed E-state index contributed by atoms with van der Waals surface area (Å²) in [5.41, 5.74) is 8.39. The molecule has 0 radical (unpaired) electrons. The van der Waals surface area contributed by atoms with E-state index in [9.17, 15) is 19.2 Å². The Morgan fingerprint density at radius 2 is 1.52 bits per heavy atom. The smallest absolute Gasteiger partial charge is 0.260 e. The highest BCUT2D eigenvalue weighted by Gasteiger charge is 2.47. The SMILES string of the molecule is NC(=O)c1ccc(NC(=O)CCN2C(=O)c3ccccc3N3C(=O)c4ccccc4C23)cc1. The minimum atomic E-state index is -0.598. The van der Waals surface area contributed by atoms with Gasteiger partial charge in [-0.1, -0.05) is 30.3 Å². The Kier molecular flexibility index (Phi) is 4.90. The molecule has 1 atom stereocenters. The van der Waals surface area contributed by atoms with E-state index in [1.54, 1.807) is 58.3 Å². The second-order valence-corrected chi connectivity index (χ2v) is 7.89. The Labute approximate surface area is 189 Å². The number of nitrogens with zero attached hydrogens (tertiary/aromatic N) is 2. The normalized spacial score (nSPS) is 16.2. The summed E-state index contributed by atoms with van der Waals surface area (Å²) in [6, 6.07) is 20.5. The summed E-state index contributed by atoms with van der Waals surface area (Å²) in [6.45, 7) is 0.126. The molecule has 164 valence electrons. The number of hydrogen-bond donors (Lipinski definition) is 2. The van der Waals surface area contributed by atoms with Crippen molar-refractivity contribution < 1.29 is 19.2 Å². The van der Waals surface area contributed by atoms with Crippen LogP contribution < -0.4 is 16.0 Å². The van der Waals surface area contributed by atoms with E-state index in [0.29, 0.717) is 28.1 Å². The zero-order valence-electron chi connectivity index (χ0n) is 17.5. The summed E-state index contributed by atoms with van der Waals surface area (Å²) < 4.78 is 0. The van der Waals surface area contributed by atoms with Crippen molar-refractivity contribution in [1.82, 2.24) is 4.90 Å². The first-order valence-electron chi connectivity index (χ1n) is 10.5. The number of anilines is 2. The van der Waals surface area contributed by atoms with E-state index in [0.717, 1.165) is 5.56 Å². The third-order valence-corrected chi connectivity index (χ3v) is 5.92. The molecule has 0 aliphatic carbocycles. The molecule has 0 saturated heterocycles. The topological polar surface area (TPSA) is 113 Å². The highest BCUT2D eigenvalue weighted by Crippen LogP contribution is 2.45. The third-order valence-electron chi connectivity index (χ3n) is 5.92. The first kappa shape index (κ1) is 20.4. The maximum Gasteiger partial charge on any atom is 0.260 e. The maximum atomic E-state index is 13.4. The number of rotatable bonds is 5. The summed E-state index contributed by atoms with van der Waals surface area (Å²) in [7, 11) is 0. The largest absolute Gasteiger partial charge is 0.366 e. The molecule has 5 rings (SSSR count). The number of benzene rings is 3. The number of carbonyl (C=O) groups is 4. The van der Waals surface area contributed by atoms with Crippen molar-refractivity contribution in [2.45, 2.75) is 12.6 Å². The van der Waals surface area contributed by atoms with Gasteiger partial charge in [0.1, 0.15) is 6.17 Å². The molecule has 3 aromatic rings. The van der Waals surface area contributed by atoms with Crippen molar-refractivity contribution >= 4 is 35.0 Å². The molecule has 1 unspecified atom stereocenters. The summed E-state index contributed by atoms with van der Waals surface area (Å²) in [5.74, 6) is -1.24. The minimum absolute atomic E-state index is 0.0339. The molecule has 0 aromatic heterocycles. The molecule has 0 bridgehead atoms. The quantitative estimate of drug-likeness (QED) is 0.635. The van der Waals surface area contributed by atoms with Gasteiger partial charge in [0, 0.05) is 35.3 Å². The predicted octanol–water partition coefficient (Wildman–Crippen LogP) is 2.93. The van der Waals surface area contributed by atoms with Gasteiger partial charge in [-0.2, -0.15) is 0 Å². The molecule has 33 heavy (non-hydrogen) atoms. The van der Waals surface area contributed by atoms with Gasteiger partial charge in [-0.15, -0.1) is 0 Å². The van der Waals surface area contributed by atoms with Crippen molar-refractivity contribution in [3.05, 3.63) is 95.1 Å². The number of hydrogen-bond acceptors (Lipinski definition) is 4. The number of primary amides is 1. The molecular weight excluding hydrogens is 420 g/mol. The van der Waals surface area contributed by atoms with Gasteiger partial charge in [-0.3, -0.25) is 24.1 Å². The number of fused-ring (bicyclic) bond motifs is 5. The van der Waals surface area contributed by atoms with Crippen molar-refractivity contribution in [2.24, 2.45) is 5.73 Å². The van der Waals surface area contributed by atoms with Crippen LogP contribution in [-0.4, -0.2) is 35.1 Å². The van der Waals surface area contributed by atoms with E-state index >= 15 is 0 Å². The van der Waals surface area contributed by atoms with Crippen LogP contribution in [0.5, 0.6) is 0 Å². The highest BCUT2D eigenvalue weighted by atomic mass is 16.2. The lowest BCUT2D eigenvalue weighted by Gasteiger charge is -2.40. The Bertz CT molecular complexity index is 1300. The number of nitrogens with one attached hydrogen (secondary N) is 1. The van der Waals surface area contributed by atoms with Crippen LogP contribution in [0, 0.1) is 0 Å². The van der Waals surface area contributed by atoms with Crippen molar-refractivity contribution in [1.29, 1.82) is 0 Å². The molecular formula is C25H20N4O4. The molecule has 2 aliphatic rings. The second-order valence-electron chi connectivity index (χ2n) is 7.89. The highest BCUT2D eigenvalue weighted by molar-refractivity contribution is 6.16. The van der Waals surface area contributed by atoms with Crippen molar-refractivity contribution in [3.63, 3.8) is 0 Å². The fourth-order valence-corrected chi connectivity index (χ4v) is 4.36. The van der Waals surface area contributed by atoms with Crippen LogP contribution in [0.15, 0.2) is 72.8 Å². The lowest BCUT2D eigenvalue weighted by molar-refractivity contribution is -0.116. The van der Waals surface area contributed by atoms with Crippen LogP contribution in [0.2, 0.25) is 0 Å². The van der Waals surface area contributed by atoms with Crippen LogP contribution in [0.1, 0.15) is 49.2 Å². The number of carbonyl (C=O) groups excluding carboxylic acids is 4. The summed E-state index contributed by atoms with van der Waals surface area (Å²) in [4.78, 5) is 53.5. The summed E-state index contributed by atoms with van der Waals surface area (Å²) in [5, 5.41) is 2.76. The molecule has 8 nitrogen and oxygen atoms in total. The molecule has 2 aliphatic heterocycles. The van der Waals surface area contributed by atoms with E-state index in [4.69, 9.17) is 5.73 Å². The van der Waals surface area contributed by atoms with Crippen LogP contribution >= 0.6 is 0 Å². The van der Waals surface area contributed by atoms with Gasteiger partial charge < -0.3 is 16.0 Å². The van der Waals surface area contributed by atoms with Crippen molar-refractivity contribution in [3.8, 4) is 0 Å². The average molecular weight is 440 g/mol. The van der Waals surface area contributed by atoms with Gasteiger partial charge in [0.15, 0.2) is 0 Å². The van der Waals surface area contributed by atoms with Gasteiger partial charge in [0.25, 0.3) is 11.8 Å². The van der Waals surface area contributed by atoms with E-state index in [2.05, 4.69) is 5.32 Å².